The minimum Gasteiger partial charge on any atom is -0.392 e. The molecule has 3 atom stereocenters. The molecule has 1 saturated heterocycles. The third-order valence-corrected chi connectivity index (χ3v) is 3.89. The lowest BCUT2D eigenvalue weighted by Gasteiger charge is -2.37. The molecule has 0 saturated carbocycles. The molecule has 0 radical (unpaired) electrons. The zero-order valence-corrected chi connectivity index (χ0v) is 11.3. The highest BCUT2D eigenvalue weighted by Gasteiger charge is 2.27. The molecule has 1 N–H and O–H groups in total. The Hall–Kier alpha value is -0.420. The van der Waals surface area contributed by atoms with E-state index in [9.17, 15) is 5.11 Å². The number of aliphatic hydroxyl groups excluding tert-OH is 1. The van der Waals surface area contributed by atoms with E-state index in [-0.39, 0.29) is 18.3 Å². The number of morpholine rings is 1. The van der Waals surface area contributed by atoms with Gasteiger partial charge in [0, 0.05) is 19.6 Å². The van der Waals surface area contributed by atoms with Crippen LogP contribution in [0.1, 0.15) is 31.9 Å². The lowest BCUT2D eigenvalue weighted by atomic mass is 10.1. The van der Waals surface area contributed by atoms with E-state index < -0.39 is 0 Å². The smallest absolute Gasteiger partial charge is 0.0964 e. The highest BCUT2D eigenvalue weighted by atomic mass is 32.1. The molecule has 1 aliphatic heterocycles. The fourth-order valence-electron chi connectivity index (χ4n) is 2.26. The quantitative estimate of drug-likeness (QED) is 0.896. The molecule has 0 aliphatic carbocycles. The molecule has 1 aliphatic rings. The van der Waals surface area contributed by atoms with Crippen LogP contribution >= 0.6 is 11.3 Å². The summed E-state index contributed by atoms with van der Waals surface area (Å²) >= 11 is 1.71. The average molecular weight is 255 g/mol. The molecule has 1 fully saturated rings. The van der Waals surface area contributed by atoms with Crippen LogP contribution in [-0.2, 0) is 4.74 Å². The number of hydrogen-bond acceptors (Lipinski definition) is 4. The molecule has 0 aromatic carbocycles. The van der Waals surface area contributed by atoms with Crippen molar-refractivity contribution in [3.63, 3.8) is 0 Å². The number of thiophene rings is 1. The van der Waals surface area contributed by atoms with Crippen molar-refractivity contribution in [2.75, 3.05) is 19.6 Å². The standard InChI is InChI=1S/C13H21NO2S/c1-3-12(15)7-14-6-10(2)16-13(8-14)11-4-5-17-9-11/h4-5,9-10,12-13,15H,3,6-8H2,1-2H3. The van der Waals surface area contributed by atoms with Gasteiger partial charge in [0.1, 0.15) is 0 Å². The number of rotatable bonds is 4. The van der Waals surface area contributed by atoms with Gasteiger partial charge >= 0.3 is 0 Å². The monoisotopic (exact) mass is 255 g/mol. The van der Waals surface area contributed by atoms with Crippen LogP contribution in [0.15, 0.2) is 16.8 Å². The van der Waals surface area contributed by atoms with Gasteiger partial charge in [-0.15, -0.1) is 0 Å². The average Bonchev–Trinajstić information content (AvgIpc) is 2.81. The Kier molecular flexibility index (Phi) is 4.56. The fourth-order valence-corrected chi connectivity index (χ4v) is 2.96. The molecule has 0 spiro atoms. The molecule has 2 heterocycles. The molecule has 0 bridgehead atoms. The van der Waals surface area contributed by atoms with Crippen LogP contribution in [0.25, 0.3) is 0 Å². The predicted octanol–water partition coefficient (Wildman–Crippen LogP) is 2.28. The van der Waals surface area contributed by atoms with Gasteiger partial charge in [-0.1, -0.05) is 6.92 Å². The van der Waals surface area contributed by atoms with Gasteiger partial charge in [-0.2, -0.15) is 11.3 Å². The van der Waals surface area contributed by atoms with Crippen LogP contribution < -0.4 is 0 Å². The van der Waals surface area contributed by atoms with E-state index in [2.05, 4.69) is 28.7 Å². The van der Waals surface area contributed by atoms with E-state index in [4.69, 9.17) is 4.74 Å². The second-order valence-electron chi connectivity index (χ2n) is 4.77. The van der Waals surface area contributed by atoms with Crippen LogP contribution in [0.5, 0.6) is 0 Å². The van der Waals surface area contributed by atoms with Crippen molar-refractivity contribution in [2.45, 2.75) is 38.6 Å². The van der Waals surface area contributed by atoms with Gasteiger partial charge in [0.25, 0.3) is 0 Å². The van der Waals surface area contributed by atoms with E-state index in [0.29, 0.717) is 0 Å². The predicted molar refractivity (Wildman–Crippen MR) is 70.3 cm³/mol. The minimum absolute atomic E-state index is 0.161. The van der Waals surface area contributed by atoms with Crippen molar-refractivity contribution in [3.05, 3.63) is 22.4 Å². The first-order valence-corrected chi connectivity index (χ1v) is 7.21. The van der Waals surface area contributed by atoms with Gasteiger partial charge in [0.15, 0.2) is 0 Å². The number of nitrogens with zero attached hydrogens (tertiary/aromatic N) is 1. The third-order valence-electron chi connectivity index (χ3n) is 3.19. The zero-order chi connectivity index (χ0) is 12.3. The van der Waals surface area contributed by atoms with Crippen LogP contribution in [0.3, 0.4) is 0 Å². The Morgan fingerprint density at radius 3 is 3.06 bits per heavy atom. The molecule has 96 valence electrons. The topological polar surface area (TPSA) is 32.7 Å². The summed E-state index contributed by atoms with van der Waals surface area (Å²) in [6.45, 7) is 6.68. The van der Waals surface area contributed by atoms with E-state index in [1.165, 1.54) is 5.56 Å². The van der Waals surface area contributed by atoms with E-state index in [1.807, 2.05) is 6.92 Å². The first-order valence-electron chi connectivity index (χ1n) is 6.27. The van der Waals surface area contributed by atoms with E-state index >= 15 is 0 Å². The Labute approximate surface area is 107 Å². The van der Waals surface area contributed by atoms with Gasteiger partial charge in [-0.25, -0.2) is 0 Å². The second kappa shape index (κ2) is 5.96. The van der Waals surface area contributed by atoms with Crippen LogP contribution in [-0.4, -0.2) is 41.8 Å². The minimum atomic E-state index is -0.219. The SMILES string of the molecule is CCC(O)CN1CC(C)OC(c2ccsc2)C1. The summed E-state index contributed by atoms with van der Waals surface area (Å²) in [7, 11) is 0. The van der Waals surface area contributed by atoms with Crippen LogP contribution in [0.4, 0.5) is 0 Å². The Balaban J connectivity index is 1.96. The summed E-state index contributed by atoms with van der Waals surface area (Å²) in [5.41, 5.74) is 1.26. The van der Waals surface area contributed by atoms with Crippen molar-refractivity contribution in [2.24, 2.45) is 0 Å². The molecule has 2 rings (SSSR count). The van der Waals surface area contributed by atoms with Gasteiger partial charge in [0.2, 0.25) is 0 Å². The summed E-state index contributed by atoms with van der Waals surface area (Å²) in [5, 5.41) is 14.0. The van der Waals surface area contributed by atoms with Crippen molar-refractivity contribution < 1.29 is 9.84 Å². The molecule has 1 aromatic rings. The Morgan fingerprint density at radius 1 is 1.59 bits per heavy atom. The summed E-state index contributed by atoms with van der Waals surface area (Å²) in [5.74, 6) is 0. The largest absolute Gasteiger partial charge is 0.392 e. The molecule has 3 unspecified atom stereocenters. The molecule has 4 heteroatoms. The molecular weight excluding hydrogens is 234 g/mol. The molecule has 1 aromatic heterocycles. The summed E-state index contributed by atoms with van der Waals surface area (Å²) in [6, 6.07) is 2.13. The van der Waals surface area contributed by atoms with E-state index in [0.717, 1.165) is 26.1 Å². The lowest BCUT2D eigenvalue weighted by molar-refractivity contribution is -0.0866. The summed E-state index contributed by atoms with van der Waals surface area (Å²) in [4.78, 5) is 2.31. The van der Waals surface area contributed by atoms with Crippen LogP contribution in [0, 0.1) is 0 Å². The summed E-state index contributed by atoms with van der Waals surface area (Å²) in [6.07, 6.45) is 0.990. The van der Waals surface area contributed by atoms with Gasteiger partial charge in [-0.3, -0.25) is 4.90 Å². The Morgan fingerprint density at radius 2 is 2.41 bits per heavy atom. The first-order chi connectivity index (χ1) is 8.19. The molecule has 17 heavy (non-hydrogen) atoms. The van der Waals surface area contributed by atoms with Crippen molar-refractivity contribution in [1.29, 1.82) is 0 Å². The fraction of sp³-hybridized carbons (Fsp3) is 0.692. The third kappa shape index (κ3) is 3.52. The van der Waals surface area contributed by atoms with Crippen molar-refractivity contribution in [1.82, 2.24) is 4.90 Å². The van der Waals surface area contributed by atoms with E-state index in [1.54, 1.807) is 11.3 Å². The van der Waals surface area contributed by atoms with Gasteiger partial charge in [0.05, 0.1) is 18.3 Å². The zero-order valence-electron chi connectivity index (χ0n) is 10.5. The molecule has 0 amide bonds. The maximum atomic E-state index is 9.73. The Bertz CT molecular complexity index is 328. The number of hydrogen-bond donors (Lipinski definition) is 1. The van der Waals surface area contributed by atoms with Crippen LogP contribution in [0.2, 0.25) is 0 Å². The number of ether oxygens (including phenoxy) is 1. The second-order valence-corrected chi connectivity index (χ2v) is 5.55. The maximum Gasteiger partial charge on any atom is 0.0964 e. The van der Waals surface area contributed by atoms with Gasteiger partial charge in [-0.05, 0) is 35.7 Å². The summed E-state index contributed by atoms with van der Waals surface area (Å²) < 4.78 is 5.96. The first kappa shape index (κ1) is 13.0. The van der Waals surface area contributed by atoms with Crippen molar-refractivity contribution in [3.8, 4) is 0 Å². The van der Waals surface area contributed by atoms with Gasteiger partial charge < -0.3 is 9.84 Å². The van der Waals surface area contributed by atoms with Crippen molar-refractivity contribution >= 4 is 11.3 Å². The normalized spacial score (nSPS) is 28.2. The molecular formula is C13H21NO2S. The lowest BCUT2D eigenvalue weighted by Crippen LogP contribution is -2.45. The highest BCUT2D eigenvalue weighted by Crippen LogP contribution is 2.26. The molecule has 3 nitrogen and oxygen atoms in total. The number of aliphatic hydroxyl groups is 1. The maximum absolute atomic E-state index is 9.73. The number of β-amino-alcohol motifs (C(OH)–C–C–N with tert-alkyl or cyclic N) is 1. The highest BCUT2D eigenvalue weighted by molar-refractivity contribution is 7.07.